The lowest BCUT2D eigenvalue weighted by molar-refractivity contribution is -0.145. The van der Waals surface area contributed by atoms with Gasteiger partial charge in [-0.2, -0.15) is 0 Å². The molecule has 1 heterocycles. The number of ether oxygens (including phenoxy) is 1. The molecule has 1 aliphatic rings. The molecule has 1 aromatic carbocycles. The van der Waals surface area contributed by atoms with Gasteiger partial charge >= 0.3 is 5.97 Å². The quantitative estimate of drug-likeness (QED) is 0.556. The zero-order valence-corrected chi connectivity index (χ0v) is 16.2. The highest BCUT2D eigenvalue weighted by Gasteiger charge is 2.21. The Kier molecular flexibility index (Phi) is 9.28. The number of halogens is 3. The molecule has 0 aliphatic carbocycles. The number of esters is 1. The number of rotatable bonds is 5. The molecular formula is C17H21Cl3N2O3. The van der Waals surface area contributed by atoms with Crippen LogP contribution in [0.2, 0.25) is 10.0 Å². The van der Waals surface area contributed by atoms with Gasteiger partial charge in [-0.1, -0.05) is 29.3 Å². The van der Waals surface area contributed by atoms with Crippen molar-refractivity contribution in [2.75, 3.05) is 39.3 Å². The lowest BCUT2D eigenvalue weighted by Crippen LogP contribution is -2.49. The molecule has 1 saturated heterocycles. The van der Waals surface area contributed by atoms with Crippen LogP contribution in [-0.2, 0) is 14.3 Å². The lowest BCUT2D eigenvalue weighted by atomic mass is 10.2. The fourth-order valence-electron chi connectivity index (χ4n) is 2.42. The summed E-state index contributed by atoms with van der Waals surface area (Å²) < 4.78 is 4.93. The molecule has 0 aromatic heterocycles. The minimum absolute atomic E-state index is 0. The zero-order chi connectivity index (χ0) is 17.5. The molecule has 0 bridgehead atoms. The zero-order valence-electron chi connectivity index (χ0n) is 13.9. The molecule has 0 N–H and O–H groups in total. The van der Waals surface area contributed by atoms with E-state index >= 15 is 0 Å². The van der Waals surface area contributed by atoms with Crippen molar-refractivity contribution in [3.63, 3.8) is 0 Å². The number of carbonyl (C=O) groups is 2. The predicted octanol–water partition coefficient (Wildman–Crippen LogP) is 3.14. The number of nitrogens with zero attached hydrogens (tertiary/aromatic N) is 2. The Bertz CT molecular complexity index is 630. The predicted molar refractivity (Wildman–Crippen MR) is 102 cm³/mol. The van der Waals surface area contributed by atoms with Gasteiger partial charge < -0.3 is 9.64 Å². The number of hydrogen-bond donors (Lipinski definition) is 0. The summed E-state index contributed by atoms with van der Waals surface area (Å²) in [6.07, 6.45) is 3.20. The Morgan fingerprint density at radius 2 is 1.88 bits per heavy atom. The summed E-state index contributed by atoms with van der Waals surface area (Å²) in [5.41, 5.74) is 0.746. The summed E-state index contributed by atoms with van der Waals surface area (Å²) in [4.78, 5) is 27.4. The van der Waals surface area contributed by atoms with Crippen molar-refractivity contribution in [2.24, 2.45) is 0 Å². The van der Waals surface area contributed by atoms with Crippen LogP contribution in [0.1, 0.15) is 12.5 Å². The second-order valence-electron chi connectivity index (χ2n) is 5.41. The molecule has 1 fully saturated rings. The number of benzene rings is 1. The molecule has 1 aliphatic heterocycles. The molecule has 1 amide bonds. The molecule has 0 radical (unpaired) electrons. The van der Waals surface area contributed by atoms with E-state index in [-0.39, 0.29) is 30.8 Å². The van der Waals surface area contributed by atoms with E-state index in [1.807, 2.05) is 4.90 Å². The van der Waals surface area contributed by atoms with Crippen molar-refractivity contribution in [3.8, 4) is 0 Å². The first-order chi connectivity index (χ1) is 11.5. The Morgan fingerprint density at radius 3 is 2.48 bits per heavy atom. The molecule has 0 unspecified atom stereocenters. The van der Waals surface area contributed by atoms with Gasteiger partial charge in [0.05, 0.1) is 13.2 Å². The summed E-state index contributed by atoms with van der Waals surface area (Å²) in [6, 6.07) is 5.14. The van der Waals surface area contributed by atoms with Gasteiger partial charge in [0.1, 0.15) is 0 Å². The maximum Gasteiger partial charge on any atom is 0.320 e. The van der Waals surface area contributed by atoms with Gasteiger partial charge in [0.25, 0.3) is 0 Å². The van der Waals surface area contributed by atoms with Crippen LogP contribution in [0.25, 0.3) is 6.08 Å². The maximum absolute atomic E-state index is 12.2. The fraction of sp³-hybridized carbons (Fsp3) is 0.412. The van der Waals surface area contributed by atoms with Gasteiger partial charge in [0.2, 0.25) is 5.91 Å². The van der Waals surface area contributed by atoms with Crippen LogP contribution in [-0.4, -0.2) is 61.0 Å². The third kappa shape index (κ3) is 6.86. The molecule has 1 aromatic rings. The molecule has 138 valence electrons. The molecular weight excluding hydrogens is 387 g/mol. The number of carbonyl (C=O) groups excluding carboxylic acids is 2. The van der Waals surface area contributed by atoms with Crippen molar-refractivity contribution in [3.05, 3.63) is 39.9 Å². The van der Waals surface area contributed by atoms with Crippen molar-refractivity contribution in [1.82, 2.24) is 9.80 Å². The highest BCUT2D eigenvalue weighted by Crippen LogP contribution is 2.22. The van der Waals surface area contributed by atoms with Gasteiger partial charge in [0.15, 0.2) is 0 Å². The van der Waals surface area contributed by atoms with E-state index in [9.17, 15) is 9.59 Å². The Hall–Kier alpha value is -1.27. The van der Waals surface area contributed by atoms with Crippen molar-refractivity contribution in [1.29, 1.82) is 0 Å². The van der Waals surface area contributed by atoms with E-state index in [0.29, 0.717) is 42.8 Å². The Labute approximate surface area is 163 Å². The highest BCUT2D eigenvalue weighted by atomic mass is 35.5. The second kappa shape index (κ2) is 10.7. The molecule has 0 atom stereocenters. The average Bonchev–Trinajstić information content (AvgIpc) is 2.54. The molecule has 2 rings (SSSR count). The third-order valence-electron chi connectivity index (χ3n) is 3.71. The van der Waals surface area contributed by atoms with E-state index in [0.717, 1.165) is 5.56 Å². The molecule has 0 saturated carbocycles. The molecule has 8 heteroatoms. The van der Waals surface area contributed by atoms with Gasteiger partial charge in [0, 0.05) is 42.3 Å². The number of amides is 1. The molecule has 25 heavy (non-hydrogen) atoms. The van der Waals surface area contributed by atoms with Crippen LogP contribution in [0.4, 0.5) is 0 Å². The van der Waals surface area contributed by atoms with Crippen LogP contribution in [0, 0.1) is 0 Å². The van der Waals surface area contributed by atoms with E-state index in [4.69, 9.17) is 27.9 Å². The van der Waals surface area contributed by atoms with Crippen LogP contribution >= 0.6 is 35.6 Å². The third-order valence-corrected chi connectivity index (χ3v) is 4.27. The highest BCUT2D eigenvalue weighted by molar-refractivity contribution is 6.35. The standard InChI is InChI=1S/C17H20Cl2N2O3.ClH/c1-2-24-17(23)12-20-7-9-21(10-8-20)16(22)6-4-13-3-5-14(18)11-15(13)19;/h3-6,11H,2,7-10,12H2,1H3;1H/b6-4+;. The average molecular weight is 408 g/mol. The van der Waals surface area contributed by atoms with Gasteiger partial charge in [-0.25, -0.2) is 0 Å². The minimum atomic E-state index is -0.227. The Balaban J connectivity index is 0.00000312. The lowest BCUT2D eigenvalue weighted by Gasteiger charge is -2.33. The largest absolute Gasteiger partial charge is 0.465 e. The number of piperazine rings is 1. The van der Waals surface area contributed by atoms with Crippen LogP contribution in [0.15, 0.2) is 24.3 Å². The number of hydrogen-bond acceptors (Lipinski definition) is 4. The van der Waals surface area contributed by atoms with E-state index < -0.39 is 0 Å². The van der Waals surface area contributed by atoms with Crippen molar-refractivity contribution >= 4 is 53.6 Å². The van der Waals surface area contributed by atoms with Crippen LogP contribution < -0.4 is 0 Å². The van der Waals surface area contributed by atoms with Crippen molar-refractivity contribution < 1.29 is 14.3 Å². The van der Waals surface area contributed by atoms with Gasteiger partial charge in [-0.05, 0) is 30.7 Å². The van der Waals surface area contributed by atoms with E-state index in [2.05, 4.69) is 0 Å². The van der Waals surface area contributed by atoms with E-state index in [1.54, 1.807) is 36.1 Å². The van der Waals surface area contributed by atoms with Gasteiger partial charge in [-0.15, -0.1) is 12.4 Å². The Morgan fingerprint density at radius 1 is 1.20 bits per heavy atom. The SMILES string of the molecule is CCOC(=O)CN1CCN(C(=O)/C=C/c2ccc(Cl)cc2Cl)CC1.Cl. The first kappa shape index (κ1) is 21.8. The van der Waals surface area contributed by atoms with Crippen LogP contribution in [0.3, 0.4) is 0 Å². The first-order valence-corrected chi connectivity index (χ1v) is 8.55. The summed E-state index contributed by atoms with van der Waals surface area (Å²) in [6.45, 7) is 4.91. The van der Waals surface area contributed by atoms with E-state index in [1.165, 1.54) is 6.08 Å². The topological polar surface area (TPSA) is 49.9 Å². The minimum Gasteiger partial charge on any atom is -0.465 e. The smallest absolute Gasteiger partial charge is 0.320 e. The van der Waals surface area contributed by atoms with Crippen molar-refractivity contribution in [2.45, 2.75) is 6.92 Å². The summed E-state index contributed by atoms with van der Waals surface area (Å²) in [7, 11) is 0. The molecule has 5 nitrogen and oxygen atoms in total. The molecule has 0 spiro atoms. The van der Waals surface area contributed by atoms with Crippen LogP contribution in [0.5, 0.6) is 0 Å². The fourth-order valence-corrected chi connectivity index (χ4v) is 2.89. The summed E-state index contributed by atoms with van der Waals surface area (Å²) in [5, 5.41) is 1.06. The normalized spacial score (nSPS) is 15.1. The summed E-state index contributed by atoms with van der Waals surface area (Å²) >= 11 is 11.9. The maximum atomic E-state index is 12.2. The monoisotopic (exact) mass is 406 g/mol. The second-order valence-corrected chi connectivity index (χ2v) is 6.25. The summed E-state index contributed by atoms with van der Waals surface area (Å²) in [5.74, 6) is -0.300. The first-order valence-electron chi connectivity index (χ1n) is 7.79. The van der Waals surface area contributed by atoms with Gasteiger partial charge in [-0.3, -0.25) is 14.5 Å².